The maximum Gasteiger partial charge on any atom is 0.278 e. The predicted octanol–water partition coefficient (Wildman–Crippen LogP) is 0.172. The molecule has 6 nitrogen and oxygen atoms in total. The van der Waals surface area contributed by atoms with Crippen LogP contribution in [0.1, 0.15) is 12.8 Å². The van der Waals surface area contributed by atoms with Crippen LogP contribution in [0.15, 0.2) is 29.1 Å². The molecule has 0 radical (unpaired) electrons. The average Bonchev–Trinajstić information content (AvgIpc) is 2.89. The van der Waals surface area contributed by atoms with Crippen molar-refractivity contribution >= 4 is 10.9 Å². The summed E-state index contributed by atoms with van der Waals surface area (Å²) in [5.74, 6) is 0. The lowest BCUT2D eigenvalue weighted by atomic mass is 10.2. The Balaban J connectivity index is 1.93. The molecule has 3 rings (SSSR count). The Kier molecular flexibility index (Phi) is 3.27. The van der Waals surface area contributed by atoms with Gasteiger partial charge >= 0.3 is 0 Å². The summed E-state index contributed by atoms with van der Waals surface area (Å²) in [6, 6.07) is 7.63. The average molecular weight is 259 g/mol. The lowest BCUT2D eigenvalue weighted by Crippen LogP contribution is -2.40. The van der Waals surface area contributed by atoms with Crippen molar-refractivity contribution in [1.29, 1.82) is 0 Å². The van der Waals surface area contributed by atoms with Crippen LogP contribution in [0, 0.1) is 0 Å². The highest BCUT2D eigenvalue weighted by Crippen LogP contribution is 2.16. The van der Waals surface area contributed by atoms with Gasteiger partial charge in [-0.05, 0) is 25.0 Å². The van der Waals surface area contributed by atoms with Crippen molar-refractivity contribution in [3.63, 3.8) is 0 Å². The first-order chi connectivity index (χ1) is 9.29. The standard InChI is InChI=1S/C13H17N5O/c14-8-10-4-3-7-17(10)9-18-13(19)11-5-1-2-6-12(11)15-16-18/h1-2,5-6,10H,3-4,7-9,14H2. The smallest absolute Gasteiger partial charge is 0.278 e. The van der Waals surface area contributed by atoms with E-state index in [-0.39, 0.29) is 5.56 Å². The molecule has 2 N–H and O–H groups in total. The highest BCUT2D eigenvalue weighted by atomic mass is 16.1. The number of hydrogen-bond donors (Lipinski definition) is 1. The summed E-state index contributed by atoms with van der Waals surface area (Å²) < 4.78 is 1.43. The molecular formula is C13H17N5O. The van der Waals surface area contributed by atoms with E-state index in [1.54, 1.807) is 12.1 Å². The lowest BCUT2D eigenvalue weighted by Gasteiger charge is -2.22. The van der Waals surface area contributed by atoms with Gasteiger partial charge in [-0.3, -0.25) is 9.69 Å². The summed E-state index contributed by atoms with van der Waals surface area (Å²) >= 11 is 0. The van der Waals surface area contributed by atoms with E-state index in [0.717, 1.165) is 19.4 Å². The number of fused-ring (bicyclic) bond motifs is 1. The van der Waals surface area contributed by atoms with Crippen molar-refractivity contribution in [2.24, 2.45) is 5.73 Å². The van der Waals surface area contributed by atoms with Gasteiger partial charge in [0.1, 0.15) is 5.52 Å². The van der Waals surface area contributed by atoms with Gasteiger partial charge in [0.05, 0.1) is 12.1 Å². The number of hydrogen-bond acceptors (Lipinski definition) is 5. The Labute approximate surface area is 110 Å². The number of nitrogens with two attached hydrogens (primary N) is 1. The number of rotatable bonds is 3. The highest BCUT2D eigenvalue weighted by molar-refractivity contribution is 5.76. The Morgan fingerprint density at radius 1 is 1.37 bits per heavy atom. The van der Waals surface area contributed by atoms with E-state index in [1.807, 2.05) is 12.1 Å². The Morgan fingerprint density at radius 2 is 2.21 bits per heavy atom. The van der Waals surface area contributed by atoms with Gasteiger partial charge in [-0.1, -0.05) is 17.3 Å². The summed E-state index contributed by atoms with van der Waals surface area (Å²) in [5.41, 5.74) is 6.29. The molecule has 0 spiro atoms. The van der Waals surface area contributed by atoms with Gasteiger partial charge in [-0.2, -0.15) is 4.68 Å². The number of aromatic nitrogens is 3. The Bertz CT molecular complexity index is 638. The molecule has 1 fully saturated rings. The van der Waals surface area contributed by atoms with Crippen LogP contribution in [-0.2, 0) is 6.67 Å². The first-order valence-corrected chi connectivity index (χ1v) is 6.56. The van der Waals surface area contributed by atoms with Crippen molar-refractivity contribution in [2.45, 2.75) is 25.6 Å². The second-order valence-corrected chi connectivity index (χ2v) is 4.90. The zero-order valence-electron chi connectivity index (χ0n) is 10.7. The van der Waals surface area contributed by atoms with Gasteiger partial charge in [0, 0.05) is 19.1 Å². The predicted molar refractivity (Wildman–Crippen MR) is 72.6 cm³/mol. The maximum atomic E-state index is 12.3. The van der Waals surface area contributed by atoms with Crippen molar-refractivity contribution in [3.05, 3.63) is 34.6 Å². The lowest BCUT2D eigenvalue weighted by molar-refractivity contribution is 0.187. The third-order valence-corrected chi connectivity index (χ3v) is 3.72. The number of benzene rings is 1. The first kappa shape index (κ1) is 12.3. The minimum Gasteiger partial charge on any atom is -0.329 e. The largest absolute Gasteiger partial charge is 0.329 e. The molecule has 1 aromatic carbocycles. The van der Waals surface area contributed by atoms with E-state index in [1.165, 1.54) is 4.68 Å². The van der Waals surface area contributed by atoms with E-state index in [4.69, 9.17) is 5.73 Å². The van der Waals surface area contributed by atoms with Gasteiger partial charge in [0.15, 0.2) is 0 Å². The van der Waals surface area contributed by atoms with Gasteiger partial charge in [0.2, 0.25) is 0 Å². The van der Waals surface area contributed by atoms with Gasteiger partial charge < -0.3 is 5.73 Å². The Hall–Kier alpha value is -1.79. The van der Waals surface area contributed by atoms with Crippen LogP contribution in [0.3, 0.4) is 0 Å². The van der Waals surface area contributed by atoms with Crippen LogP contribution in [0.5, 0.6) is 0 Å². The van der Waals surface area contributed by atoms with Gasteiger partial charge in [0.25, 0.3) is 5.56 Å². The van der Waals surface area contributed by atoms with E-state index >= 15 is 0 Å². The summed E-state index contributed by atoms with van der Waals surface area (Å²) in [7, 11) is 0. The molecule has 2 aromatic rings. The normalized spacial score (nSPS) is 20.2. The molecule has 1 aliphatic heterocycles. The van der Waals surface area contributed by atoms with Crippen LogP contribution in [0.2, 0.25) is 0 Å². The molecule has 1 aromatic heterocycles. The van der Waals surface area contributed by atoms with Crippen LogP contribution in [0.25, 0.3) is 10.9 Å². The molecule has 2 heterocycles. The minimum absolute atomic E-state index is 0.0896. The quantitative estimate of drug-likeness (QED) is 0.850. The van der Waals surface area contributed by atoms with Gasteiger partial charge in [-0.25, -0.2) is 0 Å². The molecule has 0 aliphatic carbocycles. The third kappa shape index (κ3) is 2.24. The zero-order chi connectivity index (χ0) is 13.2. The SMILES string of the molecule is NCC1CCCN1Cn1nnc2ccccc2c1=O. The molecule has 100 valence electrons. The molecule has 0 saturated carbocycles. The summed E-state index contributed by atoms with van der Waals surface area (Å²) in [4.78, 5) is 14.5. The first-order valence-electron chi connectivity index (χ1n) is 6.56. The van der Waals surface area contributed by atoms with Crippen molar-refractivity contribution in [1.82, 2.24) is 19.9 Å². The molecule has 0 bridgehead atoms. The fraction of sp³-hybridized carbons (Fsp3) is 0.462. The monoisotopic (exact) mass is 259 g/mol. The molecule has 1 unspecified atom stereocenters. The molecule has 6 heteroatoms. The summed E-state index contributed by atoms with van der Waals surface area (Å²) in [5, 5.41) is 8.71. The molecule has 1 saturated heterocycles. The fourth-order valence-corrected chi connectivity index (χ4v) is 2.64. The maximum absolute atomic E-state index is 12.3. The van der Waals surface area contributed by atoms with Crippen LogP contribution >= 0.6 is 0 Å². The number of likely N-dealkylation sites (tertiary alicyclic amines) is 1. The molecular weight excluding hydrogens is 242 g/mol. The Morgan fingerprint density at radius 3 is 3.05 bits per heavy atom. The van der Waals surface area contributed by atoms with Crippen molar-refractivity contribution in [2.75, 3.05) is 13.1 Å². The highest BCUT2D eigenvalue weighted by Gasteiger charge is 2.23. The van der Waals surface area contributed by atoms with E-state index in [2.05, 4.69) is 15.2 Å². The van der Waals surface area contributed by atoms with E-state index in [9.17, 15) is 4.79 Å². The van der Waals surface area contributed by atoms with Crippen LogP contribution in [0.4, 0.5) is 0 Å². The van der Waals surface area contributed by atoms with Crippen LogP contribution < -0.4 is 11.3 Å². The molecule has 1 atom stereocenters. The summed E-state index contributed by atoms with van der Waals surface area (Å²) in [6.07, 6.45) is 2.21. The minimum atomic E-state index is -0.0896. The third-order valence-electron chi connectivity index (χ3n) is 3.72. The zero-order valence-corrected chi connectivity index (χ0v) is 10.7. The van der Waals surface area contributed by atoms with Crippen molar-refractivity contribution < 1.29 is 0 Å². The molecule has 1 aliphatic rings. The second-order valence-electron chi connectivity index (χ2n) is 4.90. The van der Waals surface area contributed by atoms with Gasteiger partial charge in [-0.15, -0.1) is 5.10 Å². The summed E-state index contributed by atoms with van der Waals surface area (Å²) in [6.45, 7) is 2.05. The van der Waals surface area contributed by atoms with E-state index < -0.39 is 0 Å². The van der Waals surface area contributed by atoms with Crippen LogP contribution in [-0.4, -0.2) is 39.0 Å². The fourth-order valence-electron chi connectivity index (χ4n) is 2.64. The molecule has 0 amide bonds. The van der Waals surface area contributed by atoms with E-state index in [0.29, 0.717) is 30.2 Å². The topological polar surface area (TPSA) is 77.0 Å². The second kappa shape index (κ2) is 5.07. The number of nitrogens with zero attached hydrogens (tertiary/aromatic N) is 4. The molecule has 19 heavy (non-hydrogen) atoms. The van der Waals surface area contributed by atoms with Crippen molar-refractivity contribution in [3.8, 4) is 0 Å².